The number of nitrogens with one attached hydrogen (secondary N) is 1. The van der Waals surface area contributed by atoms with Crippen LogP contribution in [-0.4, -0.2) is 4.98 Å². The van der Waals surface area contributed by atoms with Crippen LogP contribution in [0.1, 0.15) is 18.7 Å². The van der Waals surface area contributed by atoms with Crippen LogP contribution in [0.5, 0.6) is 0 Å². The van der Waals surface area contributed by atoms with Gasteiger partial charge in [0.05, 0.1) is 16.2 Å². The molecule has 1 unspecified atom stereocenters. The van der Waals surface area contributed by atoms with Crippen LogP contribution < -0.4 is 5.32 Å². The summed E-state index contributed by atoms with van der Waals surface area (Å²) < 4.78 is 13.8. The summed E-state index contributed by atoms with van der Waals surface area (Å²) in [6.45, 7) is 1.99. The van der Waals surface area contributed by atoms with Crippen LogP contribution in [0.25, 0.3) is 0 Å². The summed E-state index contributed by atoms with van der Waals surface area (Å²) in [7, 11) is 0. The Morgan fingerprint density at radius 3 is 2.76 bits per heavy atom. The van der Waals surface area contributed by atoms with Gasteiger partial charge in [0.1, 0.15) is 5.82 Å². The van der Waals surface area contributed by atoms with Crippen LogP contribution in [0, 0.1) is 5.82 Å². The first-order chi connectivity index (χ1) is 8.16. The Hall–Kier alpha value is -1.42. The fraction of sp³-hybridized carbons (Fsp3) is 0.154. The van der Waals surface area contributed by atoms with Gasteiger partial charge in [-0.1, -0.05) is 6.07 Å². The van der Waals surface area contributed by atoms with Gasteiger partial charge in [0.25, 0.3) is 0 Å². The van der Waals surface area contributed by atoms with E-state index in [-0.39, 0.29) is 11.9 Å². The van der Waals surface area contributed by atoms with Crippen LogP contribution in [0.3, 0.4) is 0 Å². The highest BCUT2D eigenvalue weighted by atomic mass is 79.9. The second-order valence-corrected chi connectivity index (χ2v) is 4.60. The number of rotatable bonds is 3. The number of anilines is 1. The highest BCUT2D eigenvalue weighted by Gasteiger charge is 2.07. The highest BCUT2D eigenvalue weighted by molar-refractivity contribution is 9.10. The van der Waals surface area contributed by atoms with Gasteiger partial charge in [-0.15, -0.1) is 0 Å². The third kappa shape index (κ3) is 3.03. The van der Waals surface area contributed by atoms with E-state index in [4.69, 9.17) is 0 Å². The maximum absolute atomic E-state index is 13.3. The van der Waals surface area contributed by atoms with E-state index >= 15 is 0 Å². The predicted molar refractivity (Wildman–Crippen MR) is 70.4 cm³/mol. The summed E-state index contributed by atoms with van der Waals surface area (Å²) >= 11 is 3.13. The molecular formula is C13H12BrFN2. The Kier molecular flexibility index (Phi) is 3.74. The summed E-state index contributed by atoms with van der Waals surface area (Å²) in [6.07, 6.45) is 1.75. The molecule has 0 spiro atoms. The van der Waals surface area contributed by atoms with Crippen molar-refractivity contribution < 1.29 is 4.39 Å². The van der Waals surface area contributed by atoms with Crippen molar-refractivity contribution in [3.05, 3.63) is 58.6 Å². The molecule has 1 aromatic heterocycles. The SMILES string of the molecule is CC(Nc1ccc(Br)c(F)c1)c1ccccn1. The van der Waals surface area contributed by atoms with Gasteiger partial charge in [-0.05, 0) is 53.2 Å². The lowest BCUT2D eigenvalue weighted by molar-refractivity contribution is 0.621. The summed E-state index contributed by atoms with van der Waals surface area (Å²) in [5.74, 6) is -0.275. The fourth-order valence-electron chi connectivity index (χ4n) is 1.54. The van der Waals surface area contributed by atoms with Crippen LogP contribution in [-0.2, 0) is 0 Å². The number of hydrogen-bond donors (Lipinski definition) is 1. The van der Waals surface area contributed by atoms with Gasteiger partial charge in [0.2, 0.25) is 0 Å². The number of halogens is 2. The topological polar surface area (TPSA) is 24.9 Å². The van der Waals surface area contributed by atoms with Crippen LogP contribution in [0.4, 0.5) is 10.1 Å². The number of pyridine rings is 1. The Balaban J connectivity index is 2.13. The van der Waals surface area contributed by atoms with Gasteiger partial charge < -0.3 is 5.32 Å². The Morgan fingerprint density at radius 1 is 1.29 bits per heavy atom. The maximum Gasteiger partial charge on any atom is 0.139 e. The number of benzene rings is 1. The monoisotopic (exact) mass is 294 g/mol. The molecule has 0 radical (unpaired) electrons. The standard InChI is InChI=1S/C13H12BrFN2/c1-9(13-4-2-3-7-16-13)17-10-5-6-11(14)12(15)8-10/h2-9,17H,1H3. The molecule has 0 aliphatic heterocycles. The molecule has 2 rings (SSSR count). The van der Waals surface area contributed by atoms with E-state index in [2.05, 4.69) is 26.2 Å². The first-order valence-electron chi connectivity index (χ1n) is 5.29. The molecule has 1 atom stereocenters. The zero-order valence-corrected chi connectivity index (χ0v) is 10.9. The normalized spacial score (nSPS) is 12.2. The molecule has 2 nitrogen and oxygen atoms in total. The van der Waals surface area contributed by atoms with Gasteiger partial charge in [0.15, 0.2) is 0 Å². The van der Waals surface area contributed by atoms with E-state index in [0.29, 0.717) is 4.47 Å². The van der Waals surface area contributed by atoms with Gasteiger partial charge in [-0.25, -0.2) is 4.39 Å². The second-order valence-electron chi connectivity index (χ2n) is 3.75. The lowest BCUT2D eigenvalue weighted by Crippen LogP contribution is -2.08. The first kappa shape index (κ1) is 12.0. The minimum Gasteiger partial charge on any atom is -0.377 e. The maximum atomic E-state index is 13.3. The molecule has 1 aromatic carbocycles. The summed E-state index contributed by atoms with van der Waals surface area (Å²) in [4.78, 5) is 4.25. The zero-order chi connectivity index (χ0) is 12.3. The van der Waals surface area contributed by atoms with Crippen LogP contribution in [0.15, 0.2) is 47.1 Å². The predicted octanol–water partition coefficient (Wildman–Crippen LogP) is 4.16. The van der Waals surface area contributed by atoms with Crippen molar-refractivity contribution in [2.75, 3.05) is 5.32 Å². The van der Waals surface area contributed by atoms with Gasteiger partial charge in [0, 0.05) is 11.9 Å². The third-order valence-electron chi connectivity index (χ3n) is 2.43. The van der Waals surface area contributed by atoms with E-state index < -0.39 is 0 Å². The van der Waals surface area contributed by atoms with Gasteiger partial charge >= 0.3 is 0 Å². The number of nitrogens with zero attached hydrogens (tertiary/aromatic N) is 1. The van der Waals surface area contributed by atoms with E-state index in [9.17, 15) is 4.39 Å². The third-order valence-corrected chi connectivity index (χ3v) is 3.08. The van der Waals surface area contributed by atoms with Crippen molar-refractivity contribution >= 4 is 21.6 Å². The Bertz CT molecular complexity index is 502. The second kappa shape index (κ2) is 5.27. The molecule has 1 heterocycles. The largest absolute Gasteiger partial charge is 0.377 e. The molecule has 0 saturated heterocycles. The first-order valence-corrected chi connectivity index (χ1v) is 6.08. The Morgan fingerprint density at radius 2 is 2.12 bits per heavy atom. The molecule has 0 amide bonds. The average Bonchev–Trinajstić information content (AvgIpc) is 2.35. The highest BCUT2D eigenvalue weighted by Crippen LogP contribution is 2.22. The summed E-state index contributed by atoms with van der Waals surface area (Å²) in [5.41, 5.74) is 1.67. The van der Waals surface area contributed by atoms with Crippen molar-refractivity contribution in [2.24, 2.45) is 0 Å². The minimum atomic E-state index is -0.275. The lowest BCUT2D eigenvalue weighted by atomic mass is 10.2. The van der Waals surface area contributed by atoms with Crippen LogP contribution >= 0.6 is 15.9 Å². The molecule has 0 bridgehead atoms. The van der Waals surface area contributed by atoms with Crippen molar-refractivity contribution in [2.45, 2.75) is 13.0 Å². The number of hydrogen-bond acceptors (Lipinski definition) is 2. The molecular weight excluding hydrogens is 283 g/mol. The summed E-state index contributed by atoms with van der Waals surface area (Å²) in [5, 5.41) is 3.20. The molecule has 17 heavy (non-hydrogen) atoms. The van der Waals surface area contributed by atoms with E-state index in [1.807, 2.05) is 31.2 Å². The van der Waals surface area contributed by atoms with Gasteiger partial charge in [-0.3, -0.25) is 4.98 Å². The average molecular weight is 295 g/mol. The fourth-order valence-corrected chi connectivity index (χ4v) is 1.79. The molecule has 0 saturated carbocycles. The van der Waals surface area contributed by atoms with Crippen molar-refractivity contribution in [3.8, 4) is 0 Å². The van der Waals surface area contributed by atoms with Crippen molar-refractivity contribution in [3.63, 3.8) is 0 Å². The molecule has 88 valence electrons. The molecule has 2 aromatic rings. The molecule has 4 heteroatoms. The minimum absolute atomic E-state index is 0.0387. The van der Waals surface area contributed by atoms with Crippen LogP contribution in [0.2, 0.25) is 0 Å². The summed E-state index contributed by atoms with van der Waals surface area (Å²) in [6, 6.07) is 10.8. The molecule has 0 fully saturated rings. The van der Waals surface area contributed by atoms with E-state index in [1.54, 1.807) is 12.3 Å². The van der Waals surface area contributed by atoms with E-state index in [0.717, 1.165) is 11.4 Å². The molecule has 1 N–H and O–H groups in total. The van der Waals surface area contributed by atoms with Gasteiger partial charge in [-0.2, -0.15) is 0 Å². The van der Waals surface area contributed by atoms with Crippen molar-refractivity contribution in [1.29, 1.82) is 0 Å². The quantitative estimate of drug-likeness (QED) is 0.919. The number of aromatic nitrogens is 1. The Labute approximate surface area is 108 Å². The molecule has 0 aliphatic carbocycles. The zero-order valence-electron chi connectivity index (χ0n) is 9.32. The smallest absolute Gasteiger partial charge is 0.139 e. The van der Waals surface area contributed by atoms with E-state index in [1.165, 1.54) is 6.07 Å². The van der Waals surface area contributed by atoms with Crippen molar-refractivity contribution in [1.82, 2.24) is 4.98 Å². The lowest BCUT2D eigenvalue weighted by Gasteiger charge is -2.14. The molecule has 0 aliphatic rings.